The van der Waals surface area contributed by atoms with E-state index < -0.39 is 9.84 Å². The molecule has 0 N–H and O–H groups in total. The molecule has 0 saturated carbocycles. The first-order valence-electron chi connectivity index (χ1n) is 8.04. The monoisotopic (exact) mass is 391 g/mol. The number of aromatic nitrogens is 1. The Kier molecular flexibility index (Phi) is 5.07. The molecule has 3 aromatic rings. The Morgan fingerprint density at radius 1 is 1.12 bits per heavy atom. The highest BCUT2D eigenvalue weighted by Crippen LogP contribution is 2.23. The van der Waals surface area contributed by atoms with Gasteiger partial charge in [0.15, 0.2) is 9.84 Å². The van der Waals surface area contributed by atoms with E-state index in [9.17, 15) is 13.2 Å². The van der Waals surface area contributed by atoms with Gasteiger partial charge >= 0.3 is 0 Å². The van der Waals surface area contributed by atoms with Gasteiger partial charge in [-0.1, -0.05) is 24.6 Å². The lowest BCUT2D eigenvalue weighted by atomic mass is 10.1. The Labute approximate surface area is 156 Å². The summed E-state index contributed by atoms with van der Waals surface area (Å²) in [5, 5.41) is 1.72. The molecule has 0 aliphatic heterocycles. The average Bonchev–Trinajstić information content (AvgIpc) is 2.63. The van der Waals surface area contributed by atoms with Gasteiger partial charge in [0.05, 0.1) is 29.7 Å². The summed E-state index contributed by atoms with van der Waals surface area (Å²) in [5.74, 6) is 0.565. The summed E-state index contributed by atoms with van der Waals surface area (Å²) in [6, 6.07) is 11.7. The minimum atomic E-state index is -3.43. The molecule has 1 aromatic heterocycles. The fourth-order valence-corrected chi connectivity index (χ4v) is 4.13. The summed E-state index contributed by atoms with van der Waals surface area (Å²) in [7, 11) is -1.89. The van der Waals surface area contributed by atoms with Crippen molar-refractivity contribution in [2.75, 3.05) is 12.9 Å². The lowest BCUT2D eigenvalue weighted by Gasteiger charge is -2.13. The molecule has 5 nitrogen and oxygen atoms in total. The highest BCUT2D eigenvalue weighted by molar-refractivity contribution is 7.91. The van der Waals surface area contributed by atoms with E-state index in [1.165, 1.54) is 17.7 Å². The van der Waals surface area contributed by atoms with Crippen LogP contribution in [0.25, 0.3) is 10.8 Å². The number of hydrogen-bond donors (Lipinski definition) is 0. The van der Waals surface area contributed by atoms with E-state index in [1.807, 2.05) is 12.1 Å². The predicted octanol–water partition coefficient (Wildman–Crippen LogP) is 3.51. The maximum atomic E-state index is 12.8. The van der Waals surface area contributed by atoms with Crippen LogP contribution in [0.15, 0.2) is 58.4 Å². The maximum absolute atomic E-state index is 12.8. The molecular formula is C19H18ClNO4S. The summed E-state index contributed by atoms with van der Waals surface area (Å²) in [6.07, 6.45) is 1.65. The molecule has 0 fully saturated rings. The summed E-state index contributed by atoms with van der Waals surface area (Å²) >= 11 is 6.05. The van der Waals surface area contributed by atoms with Crippen molar-refractivity contribution in [3.05, 3.63) is 69.6 Å². The first kappa shape index (κ1) is 18.5. The molecule has 0 amide bonds. The van der Waals surface area contributed by atoms with Crippen LogP contribution in [0.1, 0.15) is 12.5 Å². The fourth-order valence-electron chi connectivity index (χ4n) is 2.82. The highest BCUT2D eigenvalue weighted by Gasteiger charge is 2.18. The van der Waals surface area contributed by atoms with E-state index in [-0.39, 0.29) is 22.8 Å². The number of sulfone groups is 1. The van der Waals surface area contributed by atoms with Gasteiger partial charge in [-0.25, -0.2) is 8.42 Å². The molecule has 3 rings (SSSR count). The smallest absolute Gasteiger partial charge is 0.258 e. The van der Waals surface area contributed by atoms with E-state index >= 15 is 0 Å². The third-order valence-corrected chi connectivity index (χ3v) is 6.33. The Hall–Kier alpha value is -2.31. The summed E-state index contributed by atoms with van der Waals surface area (Å²) in [4.78, 5) is 13.0. The third-order valence-electron chi connectivity index (χ3n) is 4.26. The molecule has 7 heteroatoms. The Morgan fingerprint density at radius 3 is 2.58 bits per heavy atom. The van der Waals surface area contributed by atoms with Crippen LogP contribution in [-0.2, 0) is 16.4 Å². The van der Waals surface area contributed by atoms with Gasteiger partial charge in [0.1, 0.15) is 5.75 Å². The molecule has 0 atom stereocenters. The van der Waals surface area contributed by atoms with E-state index in [2.05, 4.69) is 0 Å². The van der Waals surface area contributed by atoms with Crippen molar-refractivity contribution in [2.24, 2.45) is 0 Å². The molecular weight excluding hydrogens is 374 g/mol. The van der Waals surface area contributed by atoms with Gasteiger partial charge in [0.25, 0.3) is 5.56 Å². The first-order chi connectivity index (χ1) is 12.4. The SMILES string of the molecule is CCS(=O)(=O)c1ccc(Cl)cc1Cn1ccc2ccc(OC)cc2c1=O. The van der Waals surface area contributed by atoms with Crippen LogP contribution in [0.3, 0.4) is 0 Å². The van der Waals surface area contributed by atoms with Gasteiger partial charge in [-0.05, 0) is 47.3 Å². The lowest BCUT2D eigenvalue weighted by molar-refractivity contribution is 0.415. The second-order valence-electron chi connectivity index (χ2n) is 5.86. The van der Waals surface area contributed by atoms with Gasteiger partial charge in [0.2, 0.25) is 0 Å². The van der Waals surface area contributed by atoms with Crippen LogP contribution in [0.5, 0.6) is 5.75 Å². The van der Waals surface area contributed by atoms with Crippen molar-refractivity contribution in [2.45, 2.75) is 18.4 Å². The van der Waals surface area contributed by atoms with Gasteiger partial charge in [0, 0.05) is 11.2 Å². The second-order valence-corrected chi connectivity index (χ2v) is 8.54. The summed E-state index contributed by atoms with van der Waals surface area (Å²) in [6.45, 7) is 1.70. The Morgan fingerprint density at radius 2 is 1.88 bits per heavy atom. The third kappa shape index (κ3) is 3.48. The topological polar surface area (TPSA) is 65.4 Å². The van der Waals surface area contributed by atoms with Crippen molar-refractivity contribution in [3.8, 4) is 5.75 Å². The predicted molar refractivity (Wildman–Crippen MR) is 103 cm³/mol. The zero-order valence-electron chi connectivity index (χ0n) is 14.4. The van der Waals surface area contributed by atoms with Gasteiger partial charge in [-0.15, -0.1) is 0 Å². The number of rotatable bonds is 5. The number of nitrogens with zero attached hydrogens (tertiary/aromatic N) is 1. The quantitative estimate of drug-likeness (QED) is 0.667. The van der Waals surface area contributed by atoms with Crippen molar-refractivity contribution in [1.29, 1.82) is 0 Å². The molecule has 0 saturated heterocycles. The van der Waals surface area contributed by atoms with E-state index in [0.717, 1.165) is 5.39 Å². The van der Waals surface area contributed by atoms with E-state index in [1.54, 1.807) is 37.4 Å². The summed E-state index contributed by atoms with van der Waals surface area (Å²) < 4.78 is 31.4. The van der Waals surface area contributed by atoms with E-state index in [4.69, 9.17) is 16.3 Å². The molecule has 0 aliphatic carbocycles. The molecule has 136 valence electrons. The number of pyridine rings is 1. The normalized spacial score (nSPS) is 11.7. The number of methoxy groups -OCH3 is 1. The zero-order chi connectivity index (χ0) is 18.9. The molecule has 0 aliphatic rings. The van der Waals surface area contributed by atoms with Crippen molar-refractivity contribution >= 4 is 32.2 Å². The molecule has 0 bridgehead atoms. The standard InChI is InChI=1S/C19H18ClNO4S/c1-3-26(23,24)18-7-5-15(20)10-14(18)12-21-9-8-13-4-6-16(25-2)11-17(13)19(21)22/h4-11H,3,12H2,1-2H3. The van der Waals surface area contributed by atoms with Gasteiger partial charge in [-0.3, -0.25) is 4.79 Å². The fraction of sp³-hybridized carbons (Fsp3) is 0.211. The van der Waals surface area contributed by atoms with Crippen molar-refractivity contribution in [3.63, 3.8) is 0 Å². The lowest BCUT2D eigenvalue weighted by Crippen LogP contribution is -2.21. The van der Waals surface area contributed by atoms with Crippen LogP contribution in [-0.4, -0.2) is 25.8 Å². The maximum Gasteiger partial charge on any atom is 0.258 e. The molecule has 0 radical (unpaired) electrons. The number of ether oxygens (including phenoxy) is 1. The van der Waals surface area contributed by atoms with E-state index in [0.29, 0.717) is 21.7 Å². The Balaban J connectivity index is 2.14. The minimum Gasteiger partial charge on any atom is -0.497 e. The second kappa shape index (κ2) is 7.13. The van der Waals surface area contributed by atoms with Crippen molar-refractivity contribution < 1.29 is 13.2 Å². The molecule has 0 unspecified atom stereocenters. The highest BCUT2D eigenvalue weighted by atomic mass is 35.5. The minimum absolute atomic E-state index is 0.0224. The molecule has 2 aromatic carbocycles. The molecule has 26 heavy (non-hydrogen) atoms. The largest absolute Gasteiger partial charge is 0.497 e. The van der Waals surface area contributed by atoms with Crippen LogP contribution in [0, 0.1) is 0 Å². The van der Waals surface area contributed by atoms with Crippen molar-refractivity contribution in [1.82, 2.24) is 4.57 Å². The van der Waals surface area contributed by atoms with Crippen LogP contribution >= 0.6 is 11.6 Å². The van der Waals surface area contributed by atoms with Crippen LogP contribution < -0.4 is 10.3 Å². The van der Waals surface area contributed by atoms with Gasteiger partial charge in [-0.2, -0.15) is 0 Å². The molecule has 1 heterocycles. The average molecular weight is 392 g/mol. The van der Waals surface area contributed by atoms with Crippen LogP contribution in [0.4, 0.5) is 0 Å². The Bertz CT molecular complexity index is 1140. The van der Waals surface area contributed by atoms with Crippen LogP contribution in [0.2, 0.25) is 5.02 Å². The molecule has 0 spiro atoms. The van der Waals surface area contributed by atoms with Gasteiger partial charge < -0.3 is 9.30 Å². The zero-order valence-corrected chi connectivity index (χ0v) is 16.0. The summed E-state index contributed by atoms with van der Waals surface area (Å²) in [5.41, 5.74) is 0.268. The number of halogens is 1. The number of hydrogen-bond acceptors (Lipinski definition) is 4. The number of fused-ring (bicyclic) bond motifs is 1. The first-order valence-corrected chi connectivity index (χ1v) is 10.1. The number of benzene rings is 2.